The highest BCUT2D eigenvalue weighted by molar-refractivity contribution is 5.97. The zero-order valence-corrected chi connectivity index (χ0v) is 17.8. The second-order valence-corrected chi connectivity index (χ2v) is 9.22. The number of likely N-dealkylation sites (tertiary alicyclic amines) is 1. The van der Waals surface area contributed by atoms with E-state index in [4.69, 9.17) is 9.47 Å². The highest BCUT2D eigenvalue weighted by Crippen LogP contribution is 2.41. The number of rotatable bonds is 5. The van der Waals surface area contributed by atoms with Crippen molar-refractivity contribution < 1.29 is 23.9 Å². The van der Waals surface area contributed by atoms with Crippen LogP contribution in [0.2, 0.25) is 0 Å². The molecule has 1 aliphatic carbocycles. The Morgan fingerprint density at radius 3 is 2.52 bits per heavy atom. The molecule has 0 aromatic heterocycles. The van der Waals surface area contributed by atoms with E-state index < -0.39 is 0 Å². The number of benzene rings is 1. The zero-order chi connectivity index (χ0) is 21.4. The van der Waals surface area contributed by atoms with Crippen molar-refractivity contribution in [3.8, 4) is 0 Å². The van der Waals surface area contributed by atoms with Gasteiger partial charge in [-0.05, 0) is 62.1 Å². The first kappa shape index (κ1) is 20.5. The molecule has 3 heterocycles. The molecule has 1 aromatic carbocycles. The third kappa shape index (κ3) is 4.33. The van der Waals surface area contributed by atoms with Gasteiger partial charge >= 0.3 is 5.97 Å². The van der Waals surface area contributed by atoms with Gasteiger partial charge in [0.25, 0.3) is 5.91 Å². The van der Waals surface area contributed by atoms with E-state index in [9.17, 15) is 14.4 Å². The number of ether oxygens (including phenoxy) is 2. The second kappa shape index (κ2) is 8.61. The quantitative estimate of drug-likeness (QED) is 0.677. The lowest BCUT2D eigenvalue weighted by Crippen LogP contribution is -2.52. The molecule has 2 amide bonds. The minimum Gasteiger partial charge on any atom is -0.465 e. The van der Waals surface area contributed by atoms with E-state index in [-0.39, 0.29) is 48.9 Å². The molecule has 1 saturated carbocycles. The minimum absolute atomic E-state index is 0.00275. The smallest absolute Gasteiger partial charge is 0.306 e. The number of piperidine rings is 1. The van der Waals surface area contributed by atoms with Crippen LogP contribution in [0.1, 0.15) is 56.4 Å². The second-order valence-electron chi connectivity index (χ2n) is 9.22. The molecule has 3 saturated heterocycles. The highest BCUT2D eigenvalue weighted by atomic mass is 16.5. The fourth-order valence-corrected chi connectivity index (χ4v) is 5.06. The molecular weight excluding hydrogens is 396 g/mol. The lowest BCUT2D eigenvalue weighted by atomic mass is 9.98. The lowest BCUT2D eigenvalue weighted by molar-refractivity contribution is -0.138. The summed E-state index contributed by atoms with van der Waals surface area (Å²) in [5.74, 6) is 0.0125. The average molecular weight is 427 g/mol. The third-order valence-electron chi connectivity index (χ3n) is 6.99. The summed E-state index contributed by atoms with van der Waals surface area (Å²) in [5, 5.41) is 0. The van der Waals surface area contributed by atoms with Gasteiger partial charge in [-0.1, -0.05) is 12.1 Å². The van der Waals surface area contributed by atoms with Gasteiger partial charge in [-0.15, -0.1) is 0 Å². The van der Waals surface area contributed by atoms with Crippen LogP contribution in [0.15, 0.2) is 24.3 Å². The molecule has 0 spiro atoms. The van der Waals surface area contributed by atoms with Crippen molar-refractivity contribution in [2.75, 3.05) is 31.2 Å². The SMILES string of the molecule is O=C1C[C@@H](C(=O)N2CCC(N(C(=O)[C@H]3CCCO3)c3cccc(C4CC4)c3)CC2)CO1. The molecule has 2 atom stereocenters. The molecule has 7 heteroatoms. The van der Waals surface area contributed by atoms with Gasteiger partial charge in [0.05, 0.1) is 12.3 Å². The van der Waals surface area contributed by atoms with Gasteiger partial charge in [0.2, 0.25) is 5.91 Å². The van der Waals surface area contributed by atoms with E-state index in [1.165, 1.54) is 18.4 Å². The molecular formula is C24H30N2O5. The molecule has 4 fully saturated rings. The summed E-state index contributed by atoms with van der Waals surface area (Å²) >= 11 is 0. The van der Waals surface area contributed by atoms with E-state index in [2.05, 4.69) is 18.2 Å². The van der Waals surface area contributed by atoms with E-state index in [1.807, 2.05) is 15.9 Å². The van der Waals surface area contributed by atoms with Gasteiger partial charge in [0, 0.05) is 31.4 Å². The predicted octanol–water partition coefficient (Wildman–Crippen LogP) is 2.63. The maximum atomic E-state index is 13.5. The monoisotopic (exact) mass is 426 g/mol. The van der Waals surface area contributed by atoms with Crippen LogP contribution in [0.4, 0.5) is 5.69 Å². The Morgan fingerprint density at radius 1 is 1.06 bits per heavy atom. The molecule has 7 nitrogen and oxygen atoms in total. The maximum absolute atomic E-state index is 13.5. The first-order chi connectivity index (χ1) is 15.1. The van der Waals surface area contributed by atoms with Crippen LogP contribution in [-0.2, 0) is 23.9 Å². The number of esters is 1. The molecule has 1 aromatic rings. The van der Waals surface area contributed by atoms with Gasteiger partial charge in [0.1, 0.15) is 12.7 Å². The number of hydrogen-bond acceptors (Lipinski definition) is 5. The fourth-order valence-electron chi connectivity index (χ4n) is 5.06. The van der Waals surface area contributed by atoms with Crippen LogP contribution in [0.3, 0.4) is 0 Å². The Hall–Kier alpha value is -2.41. The number of nitrogens with zero attached hydrogens (tertiary/aromatic N) is 2. The van der Waals surface area contributed by atoms with Crippen molar-refractivity contribution in [1.82, 2.24) is 4.90 Å². The van der Waals surface area contributed by atoms with Crippen molar-refractivity contribution in [3.05, 3.63) is 29.8 Å². The first-order valence-electron chi connectivity index (χ1n) is 11.6. The molecule has 0 N–H and O–H groups in total. The van der Waals surface area contributed by atoms with Crippen LogP contribution in [0, 0.1) is 5.92 Å². The van der Waals surface area contributed by atoms with Gasteiger partial charge in [0.15, 0.2) is 0 Å². The normalized spacial score (nSPS) is 26.7. The van der Waals surface area contributed by atoms with Gasteiger partial charge in [-0.3, -0.25) is 14.4 Å². The number of amides is 2. The van der Waals surface area contributed by atoms with Crippen molar-refractivity contribution in [2.24, 2.45) is 5.92 Å². The lowest BCUT2D eigenvalue weighted by Gasteiger charge is -2.40. The summed E-state index contributed by atoms with van der Waals surface area (Å²) in [5.41, 5.74) is 2.26. The highest BCUT2D eigenvalue weighted by Gasteiger charge is 2.38. The summed E-state index contributed by atoms with van der Waals surface area (Å²) in [6, 6.07) is 8.44. The predicted molar refractivity (Wildman–Crippen MR) is 114 cm³/mol. The van der Waals surface area contributed by atoms with Gasteiger partial charge in [-0.2, -0.15) is 0 Å². The number of carbonyl (C=O) groups excluding carboxylic acids is 3. The summed E-state index contributed by atoms with van der Waals surface area (Å²) in [7, 11) is 0. The topological polar surface area (TPSA) is 76.2 Å². The molecule has 31 heavy (non-hydrogen) atoms. The van der Waals surface area contributed by atoms with Crippen molar-refractivity contribution in [1.29, 1.82) is 0 Å². The Labute approximate surface area is 182 Å². The Morgan fingerprint density at radius 2 is 1.87 bits per heavy atom. The standard InChI is InChI=1S/C24H30N2O5/c27-22-14-18(15-31-22)23(28)25-10-8-19(9-11-25)26(24(29)21-5-2-12-30-21)20-4-1-3-17(13-20)16-6-7-16/h1,3-4,13,16,18-19,21H,2,5-12,14-15H2/t18-,21-/m1/s1. The number of cyclic esters (lactones) is 1. The largest absolute Gasteiger partial charge is 0.465 e. The Balaban J connectivity index is 1.31. The summed E-state index contributed by atoms with van der Waals surface area (Å²) < 4.78 is 10.7. The van der Waals surface area contributed by atoms with Crippen molar-refractivity contribution in [2.45, 2.75) is 63.0 Å². The molecule has 5 rings (SSSR count). The van der Waals surface area contributed by atoms with Crippen LogP contribution >= 0.6 is 0 Å². The zero-order valence-electron chi connectivity index (χ0n) is 17.8. The Kier molecular flexibility index (Phi) is 5.69. The Bertz CT molecular complexity index is 853. The number of anilines is 1. The van der Waals surface area contributed by atoms with Crippen LogP contribution < -0.4 is 4.90 Å². The number of carbonyl (C=O) groups is 3. The van der Waals surface area contributed by atoms with E-state index in [0.717, 1.165) is 31.4 Å². The molecule has 0 unspecified atom stereocenters. The van der Waals surface area contributed by atoms with Crippen LogP contribution in [0.5, 0.6) is 0 Å². The number of hydrogen-bond donors (Lipinski definition) is 0. The van der Waals surface area contributed by atoms with Crippen molar-refractivity contribution in [3.63, 3.8) is 0 Å². The third-order valence-corrected chi connectivity index (χ3v) is 6.99. The van der Waals surface area contributed by atoms with E-state index in [1.54, 1.807) is 0 Å². The van der Waals surface area contributed by atoms with E-state index >= 15 is 0 Å². The summed E-state index contributed by atoms with van der Waals surface area (Å²) in [6.45, 7) is 2.01. The molecule has 3 aliphatic heterocycles. The van der Waals surface area contributed by atoms with Crippen LogP contribution in [0.25, 0.3) is 0 Å². The molecule has 0 bridgehead atoms. The minimum atomic E-state index is -0.370. The van der Waals surface area contributed by atoms with Crippen molar-refractivity contribution >= 4 is 23.5 Å². The molecule has 166 valence electrons. The van der Waals surface area contributed by atoms with Gasteiger partial charge in [-0.25, -0.2) is 0 Å². The summed E-state index contributed by atoms with van der Waals surface area (Å²) in [4.78, 5) is 41.4. The fraction of sp³-hybridized carbons (Fsp3) is 0.625. The summed E-state index contributed by atoms with van der Waals surface area (Å²) in [6.07, 6.45) is 5.38. The van der Waals surface area contributed by atoms with E-state index in [0.29, 0.717) is 25.6 Å². The van der Waals surface area contributed by atoms with Gasteiger partial charge < -0.3 is 19.3 Å². The van der Waals surface area contributed by atoms with Crippen LogP contribution in [-0.4, -0.2) is 61.1 Å². The average Bonchev–Trinajstić information content (AvgIpc) is 3.31. The maximum Gasteiger partial charge on any atom is 0.306 e. The molecule has 4 aliphatic rings. The molecule has 0 radical (unpaired) electrons. The first-order valence-corrected chi connectivity index (χ1v) is 11.6.